The van der Waals surface area contributed by atoms with Crippen molar-refractivity contribution in [1.29, 1.82) is 0 Å². The van der Waals surface area contributed by atoms with Gasteiger partial charge in [-0.1, -0.05) is 29.4 Å². The Kier molecular flexibility index (Phi) is 5.44. The minimum atomic E-state index is -1.09. The van der Waals surface area contributed by atoms with Crippen LogP contribution in [0.5, 0.6) is 5.75 Å². The molecule has 18 heavy (non-hydrogen) atoms. The fourth-order valence-electron chi connectivity index (χ4n) is 1.20. The number of carboxylic acid groups (broad SMARTS) is 1. The lowest BCUT2D eigenvalue weighted by Gasteiger charge is -2.03. The Morgan fingerprint density at radius 1 is 1.44 bits per heavy atom. The third-order valence-corrected chi connectivity index (χ3v) is 2.12. The van der Waals surface area contributed by atoms with Gasteiger partial charge >= 0.3 is 5.97 Å². The first-order valence-corrected chi connectivity index (χ1v) is 5.34. The maximum atomic E-state index is 10.4. The fraction of sp³-hybridized carbons (Fsp3) is 0.231. The molecule has 0 atom stereocenters. The summed E-state index contributed by atoms with van der Waals surface area (Å²) >= 11 is 0. The standard InChI is InChI=1S/C13H15NO4/c1-10(13(15)16)14-18-9-5-7-11-6-3-4-8-12(11)17-2/h3-8H,9H2,1-2H3,(H,15,16). The molecule has 5 heteroatoms. The second-order valence-corrected chi connectivity index (χ2v) is 3.42. The molecular weight excluding hydrogens is 234 g/mol. The monoisotopic (exact) mass is 249 g/mol. The average Bonchev–Trinajstić information content (AvgIpc) is 2.38. The molecule has 0 amide bonds. The number of carbonyl (C=O) groups is 1. The molecule has 0 aliphatic carbocycles. The van der Waals surface area contributed by atoms with Gasteiger partial charge in [0.25, 0.3) is 0 Å². The van der Waals surface area contributed by atoms with E-state index in [1.807, 2.05) is 30.3 Å². The summed E-state index contributed by atoms with van der Waals surface area (Å²) in [6, 6.07) is 7.54. The number of rotatable bonds is 6. The van der Waals surface area contributed by atoms with E-state index in [9.17, 15) is 4.79 Å². The van der Waals surface area contributed by atoms with E-state index in [-0.39, 0.29) is 12.3 Å². The Morgan fingerprint density at radius 3 is 2.83 bits per heavy atom. The summed E-state index contributed by atoms with van der Waals surface area (Å²) in [6.45, 7) is 1.56. The van der Waals surface area contributed by atoms with E-state index < -0.39 is 5.97 Å². The molecule has 0 aliphatic rings. The SMILES string of the molecule is COc1ccccc1C=CCON=C(C)C(=O)O. The van der Waals surface area contributed by atoms with Gasteiger partial charge in [-0.05, 0) is 19.1 Å². The Bertz CT molecular complexity index is 466. The second kappa shape index (κ2) is 7.11. The average molecular weight is 249 g/mol. The number of oxime groups is 1. The molecule has 1 rings (SSSR count). The number of aliphatic carboxylic acids is 1. The molecule has 0 saturated carbocycles. The normalized spacial score (nSPS) is 11.6. The summed E-state index contributed by atoms with van der Waals surface area (Å²) in [7, 11) is 1.60. The highest BCUT2D eigenvalue weighted by Crippen LogP contribution is 2.18. The smallest absolute Gasteiger partial charge is 0.353 e. The number of nitrogens with zero attached hydrogens (tertiary/aromatic N) is 1. The Morgan fingerprint density at radius 2 is 2.17 bits per heavy atom. The van der Waals surface area contributed by atoms with Crippen LogP contribution in [0.15, 0.2) is 35.5 Å². The summed E-state index contributed by atoms with van der Waals surface area (Å²) in [5, 5.41) is 12.0. The summed E-state index contributed by atoms with van der Waals surface area (Å²) in [5.41, 5.74) is 0.836. The van der Waals surface area contributed by atoms with Crippen LogP contribution in [0.2, 0.25) is 0 Å². The van der Waals surface area contributed by atoms with Crippen LogP contribution >= 0.6 is 0 Å². The lowest BCUT2D eigenvalue weighted by atomic mass is 10.2. The van der Waals surface area contributed by atoms with E-state index in [1.54, 1.807) is 13.2 Å². The Balaban J connectivity index is 2.51. The van der Waals surface area contributed by atoms with Crippen molar-refractivity contribution in [3.05, 3.63) is 35.9 Å². The zero-order chi connectivity index (χ0) is 13.4. The molecule has 1 aromatic carbocycles. The van der Waals surface area contributed by atoms with Crippen LogP contribution in [0.4, 0.5) is 0 Å². The quantitative estimate of drug-likeness (QED) is 0.476. The van der Waals surface area contributed by atoms with Gasteiger partial charge in [-0.3, -0.25) is 0 Å². The molecule has 0 unspecified atom stereocenters. The molecule has 0 fully saturated rings. The van der Waals surface area contributed by atoms with E-state index in [4.69, 9.17) is 14.7 Å². The number of hydrogen-bond acceptors (Lipinski definition) is 4. The number of methoxy groups -OCH3 is 1. The van der Waals surface area contributed by atoms with Gasteiger partial charge in [0, 0.05) is 5.56 Å². The predicted octanol–water partition coefficient (Wildman–Crippen LogP) is 2.19. The first-order chi connectivity index (χ1) is 8.65. The maximum absolute atomic E-state index is 10.4. The van der Waals surface area contributed by atoms with Gasteiger partial charge in [-0.15, -0.1) is 0 Å². The molecule has 1 N–H and O–H groups in total. The molecule has 0 aromatic heterocycles. The number of carboxylic acids is 1. The van der Waals surface area contributed by atoms with Crippen molar-refractivity contribution in [2.24, 2.45) is 5.16 Å². The maximum Gasteiger partial charge on any atom is 0.353 e. The topological polar surface area (TPSA) is 68.1 Å². The Hall–Kier alpha value is -2.30. The molecule has 0 bridgehead atoms. The first kappa shape index (κ1) is 13.8. The van der Waals surface area contributed by atoms with Crippen LogP contribution in [-0.4, -0.2) is 30.5 Å². The molecule has 5 nitrogen and oxygen atoms in total. The van der Waals surface area contributed by atoms with Crippen LogP contribution in [0.3, 0.4) is 0 Å². The lowest BCUT2D eigenvalue weighted by molar-refractivity contribution is -0.129. The van der Waals surface area contributed by atoms with Crippen molar-refractivity contribution in [3.63, 3.8) is 0 Å². The van der Waals surface area contributed by atoms with Gasteiger partial charge in [0.1, 0.15) is 12.4 Å². The highest BCUT2D eigenvalue weighted by molar-refractivity contribution is 6.34. The van der Waals surface area contributed by atoms with Crippen molar-refractivity contribution in [3.8, 4) is 5.75 Å². The van der Waals surface area contributed by atoms with Gasteiger partial charge in [-0.2, -0.15) is 0 Å². The van der Waals surface area contributed by atoms with Crippen LogP contribution in [0, 0.1) is 0 Å². The molecular formula is C13H15NO4. The van der Waals surface area contributed by atoms with Gasteiger partial charge in [0.2, 0.25) is 0 Å². The highest BCUT2D eigenvalue weighted by Gasteiger charge is 2.00. The van der Waals surface area contributed by atoms with E-state index in [1.165, 1.54) is 6.92 Å². The third-order valence-electron chi connectivity index (χ3n) is 2.12. The molecule has 0 heterocycles. The van der Waals surface area contributed by atoms with Gasteiger partial charge in [-0.25, -0.2) is 4.79 Å². The van der Waals surface area contributed by atoms with E-state index in [0.29, 0.717) is 0 Å². The molecule has 1 aromatic rings. The number of ether oxygens (including phenoxy) is 1. The van der Waals surface area contributed by atoms with Gasteiger partial charge in [0.15, 0.2) is 5.71 Å². The molecule has 0 aliphatic heterocycles. The van der Waals surface area contributed by atoms with Crippen molar-refractivity contribution in [1.82, 2.24) is 0 Å². The summed E-state index contributed by atoms with van der Waals surface area (Å²) in [5.74, 6) is -0.331. The van der Waals surface area contributed by atoms with Gasteiger partial charge in [0.05, 0.1) is 7.11 Å². The van der Waals surface area contributed by atoms with Crippen LogP contribution < -0.4 is 4.74 Å². The number of para-hydroxylation sites is 1. The second-order valence-electron chi connectivity index (χ2n) is 3.42. The highest BCUT2D eigenvalue weighted by atomic mass is 16.6. The third kappa shape index (κ3) is 4.29. The summed E-state index contributed by atoms with van der Waals surface area (Å²) in [4.78, 5) is 15.3. The van der Waals surface area contributed by atoms with Crippen molar-refractivity contribution in [2.45, 2.75) is 6.92 Å². The van der Waals surface area contributed by atoms with Gasteiger partial charge < -0.3 is 14.7 Å². The molecule has 0 spiro atoms. The van der Waals surface area contributed by atoms with E-state index >= 15 is 0 Å². The number of benzene rings is 1. The first-order valence-electron chi connectivity index (χ1n) is 5.34. The van der Waals surface area contributed by atoms with Crippen LogP contribution in [0.25, 0.3) is 6.08 Å². The van der Waals surface area contributed by atoms with Crippen LogP contribution in [-0.2, 0) is 9.63 Å². The van der Waals surface area contributed by atoms with Crippen LogP contribution in [0.1, 0.15) is 12.5 Å². The Labute approximate surface area is 105 Å². The molecule has 0 radical (unpaired) electrons. The zero-order valence-electron chi connectivity index (χ0n) is 10.3. The summed E-state index contributed by atoms with van der Waals surface area (Å²) in [6.07, 6.45) is 3.56. The van der Waals surface area contributed by atoms with Crippen molar-refractivity contribution < 1.29 is 19.5 Å². The molecule has 96 valence electrons. The van der Waals surface area contributed by atoms with E-state index in [0.717, 1.165) is 11.3 Å². The largest absolute Gasteiger partial charge is 0.496 e. The van der Waals surface area contributed by atoms with Crippen molar-refractivity contribution in [2.75, 3.05) is 13.7 Å². The van der Waals surface area contributed by atoms with Crippen molar-refractivity contribution >= 4 is 17.8 Å². The van der Waals surface area contributed by atoms with E-state index in [2.05, 4.69) is 5.16 Å². The lowest BCUT2D eigenvalue weighted by Crippen LogP contribution is -2.08. The fourth-order valence-corrected chi connectivity index (χ4v) is 1.20. The zero-order valence-corrected chi connectivity index (χ0v) is 10.3. The minimum Gasteiger partial charge on any atom is -0.496 e. The predicted molar refractivity (Wildman–Crippen MR) is 68.7 cm³/mol. The minimum absolute atomic E-state index is 0.0827. The molecule has 0 saturated heterocycles. The number of hydrogen-bond donors (Lipinski definition) is 1. The summed E-state index contributed by atoms with van der Waals surface area (Å²) < 4.78 is 5.17.